The van der Waals surface area contributed by atoms with Crippen LogP contribution in [0.1, 0.15) is 32.8 Å². The predicted molar refractivity (Wildman–Crippen MR) is 182 cm³/mol. The number of piperazine rings is 1. The van der Waals surface area contributed by atoms with Gasteiger partial charge >= 0.3 is 16.3 Å². The van der Waals surface area contributed by atoms with Crippen molar-refractivity contribution in [2.45, 2.75) is 39.0 Å². The number of aromatic nitrogens is 2. The highest BCUT2D eigenvalue weighted by molar-refractivity contribution is 7.90. The number of benzene rings is 3. The summed E-state index contributed by atoms with van der Waals surface area (Å²) in [6, 6.07) is 15.4. The van der Waals surface area contributed by atoms with Crippen molar-refractivity contribution in [1.29, 1.82) is 5.26 Å². The minimum absolute atomic E-state index is 0.00485. The monoisotopic (exact) mass is 707 g/mol. The molecule has 262 valence electrons. The van der Waals surface area contributed by atoms with E-state index < -0.39 is 44.7 Å². The number of amides is 1. The van der Waals surface area contributed by atoms with Gasteiger partial charge in [-0.1, -0.05) is 0 Å². The molecule has 3 heterocycles. The molecule has 3 aromatic carbocycles. The molecule has 0 bridgehead atoms. The summed E-state index contributed by atoms with van der Waals surface area (Å²) in [6.45, 7) is 7.36. The van der Waals surface area contributed by atoms with Crippen molar-refractivity contribution >= 4 is 38.6 Å². The van der Waals surface area contributed by atoms with Crippen LogP contribution < -0.4 is 19.9 Å². The van der Waals surface area contributed by atoms with Crippen molar-refractivity contribution < 1.29 is 31.5 Å². The van der Waals surface area contributed by atoms with Crippen LogP contribution in [0.3, 0.4) is 0 Å². The van der Waals surface area contributed by atoms with Gasteiger partial charge in [0.2, 0.25) is 0 Å². The molecule has 4 aromatic rings. The predicted octanol–water partition coefficient (Wildman–Crippen LogP) is 4.95. The maximum atomic E-state index is 15.0. The highest BCUT2D eigenvalue weighted by atomic mass is 32.2. The number of alkyl halides is 1. The number of nitrogens with one attached hydrogen (secondary N) is 1. The number of rotatable bonds is 7. The lowest BCUT2D eigenvalue weighted by molar-refractivity contribution is 0.0240. The maximum absolute atomic E-state index is 15.0. The Kier molecular flexibility index (Phi) is 9.38. The Morgan fingerprint density at radius 1 is 1.02 bits per heavy atom. The Balaban J connectivity index is 1.20. The van der Waals surface area contributed by atoms with Gasteiger partial charge in [0.25, 0.3) is 5.56 Å². The molecule has 6 rings (SSSR count). The van der Waals surface area contributed by atoms with E-state index in [0.29, 0.717) is 37.4 Å². The fourth-order valence-corrected chi connectivity index (χ4v) is 7.01. The molecule has 0 aliphatic carbocycles. The molecular formula is C34H35F2N7O6S. The number of nitriles is 1. The molecule has 2 fully saturated rings. The molecule has 0 radical (unpaired) electrons. The summed E-state index contributed by atoms with van der Waals surface area (Å²) in [5.41, 5.74) is 0.129. The van der Waals surface area contributed by atoms with Crippen molar-refractivity contribution in [3.63, 3.8) is 0 Å². The maximum Gasteiger partial charge on any atom is 0.410 e. The highest BCUT2D eigenvalue weighted by Gasteiger charge is 2.32. The largest absolute Gasteiger partial charge is 0.453 e. The van der Waals surface area contributed by atoms with Crippen LogP contribution in [0.15, 0.2) is 65.7 Å². The van der Waals surface area contributed by atoms with Crippen LogP contribution in [0, 0.1) is 17.1 Å². The van der Waals surface area contributed by atoms with Gasteiger partial charge in [0, 0.05) is 45.0 Å². The number of ether oxygens (including phenoxy) is 2. The van der Waals surface area contributed by atoms with Gasteiger partial charge in [0.05, 0.1) is 22.3 Å². The molecule has 0 spiro atoms. The molecular weight excluding hydrogens is 672 g/mol. The average molecular weight is 708 g/mol. The van der Waals surface area contributed by atoms with Crippen LogP contribution in [0.5, 0.6) is 11.5 Å². The van der Waals surface area contributed by atoms with Gasteiger partial charge in [-0.05, 0) is 81.8 Å². The molecule has 2 aliphatic heterocycles. The van der Waals surface area contributed by atoms with E-state index in [4.69, 9.17) is 9.47 Å². The van der Waals surface area contributed by atoms with Crippen molar-refractivity contribution in [1.82, 2.24) is 18.8 Å². The Morgan fingerprint density at radius 2 is 1.72 bits per heavy atom. The number of nitrogens with zero attached hydrogens (tertiary/aromatic N) is 6. The summed E-state index contributed by atoms with van der Waals surface area (Å²) in [5.74, 6) is -1.49. The van der Waals surface area contributed by atoms with E-state index in [1.807, 2.05) is 32.9 Å². The summed E-state index contributed by atoms with van der Waals surface area (Å²) < 4.78 is 70.0. The third-order valence-electron chi connectivity index (χ3n) is 8.27. The molecule has 0 saturated carbocycles. The summed E-state index contributed by atoms with van der Waals surface area (Å²) in [5, 5.41) is 10.0. The number of fused-ring (bicyclic) bond motifs is 1. The number of carbonyl (C=O) groups excluding carboxylic acids is 1. The first-order chi connectivity index (χ1) is 23.7. The van der Waals surface area contributed by atoms with Gasteiger partial charge in [-0.15, -0.1) is 0 Å². The SMILES string of the molecule is CC(C)(C)OC(=O)N1CCN(c2ccc(-n3cnc4ccc(Oc5c(F)ccc(NS(=O)(=O)N6CC[C@@H](F)C6)c5C#N)cc4c3=O)cc2)CC1. The third-order valence-corrected chi connectivity index (χ3v) is 9.76. The lowest BCUT2D eigenvalue weighted by Crippen LogP contribution is -2.50. The van der Waals surface area contributed by atoms with Gasteiger partial charge in [0.15, 0.2) is 11.6 Å². The molecule has 16 heteroatoms. The van der Waals surface area contributed by atoms with Crippen LogP contribution in [0.2, 0.25) is 0 Å². The average Bonchev–Trinajstić information content (AvgIpc) is 3.53. The van der Waals surface area contributed by atoms with Crippen molar-refractivity contribution in [2.24, 2.45) is 0 Å². The molecule has 13 nitrogen and oxygen atoms in total. The number of carbonyl (C=O) groups is 1. The van der Waals surface area contributed by atoms with Gasteiger partial charge in [-0.3, -0.25) is 14.1 Å². The lowest BCUT2D eigenvalue weighted by Gasteiger charge is -2.36. The summed E-state index contributed by atoms with van der Waals surface area (Å²) in [4.78, 5) is 34.3. The fraction of sp³-hybridized carbons (Fsp3) is 0.353. The minimum Gasteiger partial charge on any atom is -0.453 e. The second kappa shape index (κ2) is 13.6. The van der Waals surface area contributed by atoms with E-state index in [1.165, 1.54) is 29.1 Å². The third kappa shape index (κ3) is 7.33. The second-order valence-corrected chi connectivity index (χ2v) is 14.6. The van der Waals surface area contributed by atoms with Crippen LogP contribution in [-0.4, -0.2) is 84.3 Å². The quantitative estimate of drug-likeness (QED) is 0.282. The molecule has 1 aromatic heterocycles. The molecule has 1 amide bonds. The number of hydrogen-bond acceptors (Lipinski definition) is 9. The number of halogens is 2. The molecule has 2 aliphatic rings. The Morgan fingerprint density at radius 3 is 2.36 bits per heavy atom. The zero-order valence-electron chi connectivity index (χ0n) is 27.6. The normalized spacial score (nSPS) is 17.1. The van der Waals surface area contributed by atoms with E-state index >= 15 is 4.39 Å². The Hall–Kier alpha value is -5.27. The Bertz CT molecular complexity index is 2140. The van der Waals surface area contributed by atoms with E-state index in [9.17, 15) is 27.7 Å². The lowest BCUT2D eigenvalue weighted by atomic mass is 10.1. The van der Waals surface area contributed by atoms with E-state index in [-0.39, 0.29) is 42.4 Å². The molecule has 50 heavy (non-hydrogen) atoms. The van der Waals surface area contributed by atoms with Gasteiger partial charge in [-0.2, -0.15) is 18.0 Å². The highest BCUT2D eigenvalue weighted by Crippen LogP contribution is 2.35. The van der Waals surface area contributed by atoms with Crippen LogP contribution in [-0.2, 0) is 14.9 Å². The second-order valence-electron chi connectivity index (χ2n) is 12.9. The summed E-state index contributed by atoms with van der Waals surface area (Å²) in [7, 11) is -4.23. The zero-order valence-corrected chi connectivity index (χ0v) is 28.4. The van der Waals surface area contributed by atoms with E-state index in [1.54, 1.807) is 23.1 Å². The first-order valence-corrected chi connectivity index (χ1v) is 17.3. The molecule has 2 saturated heterocycles. The molecule has 1 atom stereocenters. The van der Waals surface area contributed by atoms with Crippen molar-refractivity contribution in [3.05, 3.63) is 82.7 Å². The molecule has 1 N–H and O–H groups in total. The van der Waals surface area contributed by atoms with Crippen molar-refractivity contribution in [3.8, 4) is 23.3 Å². The molecule has 0 unspecified atom stereocenters. The van der Waals surface area contributed by atoms with E-state index in [0.717, 1.165) is 22.1 Å². The Labute approximate surface area is 287 Å². The van der Waals surface area contributed by atoms with Gasteiger partial charge in [-0.25, -0.2) is 18.6 Å². The number of anilines is 2. The fourth-order valence-electron chi connectivity index (χ4n) is 5.73. The standard InChI is InChI=1S/C34H35F2N7O6S/c1-34(2,3)49-33(45)41-16-14-40(15-17-41)23-4-6-24(7-5-23)43-21-38-29-10-8-25(18-26(29)32(43)44)48-31-27(19-37)30(11-9-28(31)36)39-50(46,47)42-13-12-22(35)20-42/h4-11,18,21-22,39H,12-17,20H2,1-3H3/t22-/m1/s1. The van der Waals surface area contributed by atoms with Crippen LogP contribution in [0.25, 0.3) is 16.6 Å². The van der Waals surface area contributed by atoms with Gasteiger partial charge in [0.1, 0.15) is 35.5 Å². The summed E-state index contributed by atoms with van der Waals surface area (Å²) in [6.07, 6.45) is -0.203. The first kappa shape index (κ1) is 34.6. The van der Waals surface area contributed by atoms with Crippen LogP contribution >= 0.6 is 0 Å². The van der Waals surface area contributed by atoms with Crippen molar-refractivity contribution in [2.75, 3.05) is 48.9 Å². The smallest absolute Gasteiger partial charge is 0.410 e. The number of hydrogen-bond donors (Lipinski definition) is 1. The van der Waals surface area contributed by atoms with Gasteiger partial charge < -0.3 is 19.3 Å². The topological polar surface area (TPSA) is 150 Å². The van der Waals surface area contributed by atoms with Crippen LogP contribution in [0.4, 0.5) is 25.0 Å². The zero-order chi connectivity index (χ0) is 35.8. The minimum atomic E-state index is -4.23. The summed E-state index contributed by atoms with van der Waals surface area (Å²) >= 11 is 0. The first-order valence-electron chi connectivity index (χ1n) is 15.9. The van der Waals surface area contributed by atoms with E-state index in [2.05, 4.69) is 14.6 Å².